The Morgan fingerprint density at radius 2 is 2.38 bits per heavy atom. The molecule has 3 nitrogen and oxygen atoms in total. The summed E-state index contributed by atoms with van der Waals surface area (Å²) in [6.07, 6.45) is 8.83. The highest BCUT2D eigenvalue weighted by Crippen LogP contribution is 2.31. The summed E-state index contributed by atoms with van der Waals surface area (Å²) >= 11 is 0. The molecule has 1 aliphatic carbocycles. The largest absolute Gasteiger partial charge is 0.339 e. The average Bonchev–Trinajstić information content (AvgIpc) is 2.35. The monoisotopic (exact) mass is 222 g/mol. The number of nitrogens with zero attached hydrogens (tertiary/aromatic N) is 1. The van der Waals surface area contributed by atoms with Crippen LogP contribution in [0.2, 0.25) is 0 Å². The number of allylic oxidation sites excluding steroid dienone is 1. The predicted octanol–water partition coefficient (Wildman–Crippen LogP) is 1.68. The minimum atomic E-state index is 0.287. The first-order valence-corrected chi connectivity index (χ1v) is 6.48. The quantitative estimate of drug-likeness (QED) is 0.739. The second-order valence-corrected chi connectivity index (χ2v) is 4.90. The molecule has 1 fully saturated rings. The molecule has 0 saturated carbocycles. The van der Waals surface area contributed by atoms with Crippen LogP contribution >= 0.6 is 0 Å². The van der Waals surface area contributed by atoms with E-state index in [1.165, 1.54) is 31.3 Å². The fourth-order valence-corrected chi connectivity index (χ4v) is 2.76. The van der Waals surface area contributed by atoms with Gasteiger partial charge in [-0.1, -0.05) is 11.6 Å². The molecule has 0 spiro atoms. The van der Waals surface area contributed by atoms with Gasteiger partial charge >= 0.3 is 0 Å². The number of hydrogen-bond donors (Lipinski definition) is 1. The molecule has 0 radical (unpaired) electrons. The summed E-state index contributed by atoms with van der Waals surface area (Å²) in [4.78, 5) is 13.9. The Labute approximate surface area is 97.7 Å². The van der Waals surface area contributed by atoms with E-state index in [0.717, 1.165) is 25.4 Å². The van der Waals surface area contributed by atoms with Gasteiger partial charge in [-0.2, -0.15) is 0 Å². The molecule has 1 aliphatic heterocycles. The van der Waals surface area contributed by atoms with Crippen molar-refractivity contribution in [3.8, 4) is 0 Å². The summed E-state index contributed by atoms with van der Waals surface area (Å²) in [5.74, 6) is 1.06. The predicted molar refractivity (Wildman–Crippen MR) is 64.9 cm³/mol. The highest BCUT2D eigenvalue weighted by molar-refractivity contribution is 5.76. The number of nitrogens with two attached hydrogens (primary N) is 1. The van der Waals surface area contributed by atoms with Crippen molar-refractivity contribution < 1.29 is 4.79 Å². The van der Waals surface area contributed by atoms with E-state index in [9.17, 15) is 4.79 Å². The van der Waals surface area contributed by atoms with Crippen LogP contribution in [0.15, 0.2) is 11.6 Å². The maximum atomic E-state index is 11.9. The molecule has 1 unspecified atom stereocenters. The summed E-state index contributed by atoms with van der Waals surface area (Å²) in [6, 6.07) is 0. The molecular weight excluding hydrogens is 200 g/mol. The van der Waals surface area contributed by atoms with Crippen LogP contribution in [0.5, 0.6) is 0 Å². The topological polar surface area (TPSA) is 46.3 Å². The molecule has 2 aliphatic rings. The van der Waals surface area contributed by atoms with Crippen molar-refractivity contribution in [2.24, 2.45) is 11.7 Å². The SMILES string of the molecule is NCCCC(=O)N1CCC2CCCC=C2C1. The molecule has 0 bridgehead atoms. The normalized spacial score (nSPS) is 24.9. The van der Waals surface area contributed by atoms with E-state index < -0.39 is 0 Å². The van der Waals surface area contributed by atoms with Gasteiger partial charge in [-0.3, -0.25) is 4.79 Å². The number of hydrogen-bond acceptors (Lipinski definition) is 2. The van der Waals surface area contributed by atoms with Gasteiger partial charge in [0.1, 0.15) is 0 Å². The number of carbonyl (C=O) groups is 1. The van der Waals surface area contributed by atoms with Crippen LogP contribution < -0.4 is 5.73 Å². The molecule has 90 valence electrons. The van der Waals surface area contributed by atoms with Crippen LogP contribution in [-0.2, 0) is 4.79 Å². The van der Waals surface area contributed by atoms with Gasteiger partial charge < -0.3 is 10.6 Å². The van der Waals surface area contributed by atoms with Gasteiger partial charge in [0, 0.05) is 19.5 Å². The van der Waals surface area contributed by atoms with E-state index in [4.69, 9.17) is 5.73 Å². The Hall–Kier alpha value is -0.830. The summed E-state index contributed by atoms with van der Waals surface area (Å²) < 4.78 is 0. The molecule has 0 aromatic heterocycles. The Balaban J connectivity index is 1.89. The molecule has 0 aromatic rings. The van der Waals surface area contributed by atoms with Crippen LogP contribution in [0.3, 0.4) is 0 Å². The molecule has 1 saturated heterocycles. The van der Waals surface area contributed by atoms with Crippen LogP contribution in [0.25, 0.3) is 0 Å². The third-order valence-corrected chi connectivity index (χ3v) is 3.76. The van der Waals surface area contributed by atoms with E-state index in [0.29, 0.717) is 13.0 Å². The first-order chi connectivity index (χ1) is 7.81. The lowest BCUT2D eigenvalue weighted by Gasteiger charge is -2.36. The molecule has 1 heterocycles. The minimum Gasteiger partial charge on any atom is -0.339 e. The zero-order valence-electron chi connectivity index (χ0n) is 9.95. The maximum absolute atomic E-state index is 11.9. The van der Waals surface area contributed by atoms with E-state index in [1.54, 1.807) is 0 Å². The molecule has 2 N–H and O–H groups in total. The molecule has 3 heteroatoms. The molecule has 16 heavy (non-hydrogen) atoms. The van der Waals surface area contributed by atoms with Crippen molar-refractivity contribution in [3.05, 3.63) is 11.6 Å². The van der Waals surface area contributed by atoms with Gasteiger partial charge in [0.25, 0.3) is 0 Å². The van der Waals surface area contributed by atoms with Crippen molar-refractivity contribution >= 4 is 5.91 Å². The van der Waals surface area contributed by atoms with Gasteiger partial charge in [0.05, 0.1) is 0 Å². The summed E-state index contributed by atoms with van der Waals surface area (Å²) in [7, 11) is 0. The Kier molecular flexibility index (Phi) is 3.99. The smallest absolute Gasteiger partial charge is 0.222 e. The van der Waals surface area contributed by atoms with E-state index in [-0.39, 0.29) is 5.91 Å². The molecule has 1 amide bonds. The molecule has 2 rings (SSSR count). The van der Waals surface area contributed by atoms with E-state index in [2.05, 4.69) is 6.08 Å². The van der Waals surface area contributed by atoms with Crippen molar-refractivity contribution in [2.75, 3.05) is 19.6 Å². The average molecular weight is 222 g/mol. The van der Waals surface area contributed by atoms with Crippen LogP contribution in [0, 0.1) is 5.92 Å². The number of rotatable bonds is 3. The fraction of sp³-hybridized carbons (Fsp3) is 0.769. The van der Waals surface area contributed by atoms with Gasteiger partial charge in [-0.25, -0.2) is 0 Å². The molecule has 1 atom stereocenters. The number of likely N-dealkylation sites (tertiary alicyclic amines) is 1. The maximum Gasteiger partial charge on any atom is 0.222 e. The van der Waals surface area contributed by atoms with Gasteiger partial charge in [0.15, 0.2) is 0 Å². The van der Waals surface area contributed by atoms with Crippen molar-refractivity contribution in [2.45, 2.75) is 38.5 Å². The lowest BCUT2D eigenvalue weighted by Crippen LogP contribution is -2.40. The van der Waals surface area contributed by atoms with E-state index in [1.807, 2.05) is 4.90 Å². The first kappa shape index (κ1) is 11.6. The highest BCUT2D eigenvalue weighted by Gasteiger charge is 2.27. The Bertz CT molecular complexity index is 286. The standard InChI is InChI=1S/C13H22N2O/c14-8-3-6-13(16)15-9-7-11-4-1-2-5-12(11)10-15/h5,11H,1-4,6-10,14H2. The van der Waals surface area contributed by atoms with Gasteiger partial charge in [-0.15, -0.1) is 0 Å². The zero-order chi connectivity index (χ0) is 11.4. The Morgan fingerprint density at radius 3 is 3.19 bits per heavy atom. The zero-order valence-corrected chi connectivity index (χ0v) is 9.95. The van der Waals surface area contributed by atoms with Crippen molar-refractivity contribution in [3.63, 3.8) is 0 Å². The van der Waals surface area contributed by atoms with Gasteiger partial charge in [-0.05, 0) is 44.6 Å². The first-order valence-electron chi connectivity index (χ1n) is 6.48. The second kappa shape index (κ2) is 5.48. The van der Waals surface area contributed by atoms with Crippen LogP contribution in [0.4, 0.5) is 0 Å². The fourth-order valence-electron chi connectivity index (χ4n) is 2.76. The number of piperidine rings is 1. The van der Waals surface area contributed by atoms with Gasteiger partial charge in [0.2, 0.25) is 5.91 Å². The van der Waals surface area contributed by atoms with Crippen LogP contribution in [-0.4, -0.2) is 30.4 Å². The Morgan fingerprint density at radius 1 is 1.50 bits per heavy atom. The van der Waals surface area contributed by atoms with Crippen LogP contribution in [0.1, 0.15) is 38.5 Å². The lowest BCUT2D eigenvalue weighted by molar-refractivity contribution is -0.131. The number of fused-ring (bicyclic) bond motifs is 1. The molecule has 0 aromatic carbocycles. The third-order valence-electron chi connectivity index (χ3n) is 3.76. The summed E-state index contributed by atoms with van der Waals surface area (Å²) in [6.45, 7) is 2.45. The summed E-state index contributed by atoms with van der Waals surface area (Å²) in [5, 5.41) is 0. The summed E-state index contributed by atoms with van der Waals surface area (Å²) in [5.41, 5.74) is 6.94. The lowest BCUT2D eigenvalue weighted by atomic mass is 9.82. The highest BCUT2D eigenvalue weighted by atomic mass is 16.2. The van der Waals surface area contributed by atoms with Crippen molar-refractivity contribution in [1.82, 2.24) is 4.90 Å². The third kappa shape index (κ3) is 2.64. The van der Waals surface area contributed by atoms with E-state index >= 15 is 0 Å². The number of amides is 1. The minimum absolute atomic E-state index is 0.287. The number of carbonyl (C=O) groups excluding carboxylic acids is 1. The van der Waals surface area contributed by atoms with Crippen molar-refractivity contribution in [1.29, 1.82) is 0 Å². The second-order valence-electron chi connectivity index (χ2n) is 4.90. The molecular formula is C13H22N2O.